The van der Waals surface area contributed by atoms with E-state index in [4.69, 9.17) is 0 Å². The molecule has 0 spiro atoms. The highest BCUT2D eigenvalue weighted by Crippen LogP contribution is 2.50. The molecule has 0 aromatic heterocycles. The molecule has 0 nitrogen and oxygen atoms in total. The Balaban J connectivity index is 1.73. The van der Waals surface area contributed by atoms with Crippen LogP contribution in [0.3, 0.4) is 0 Å². The quantitative estimate of drug-likeness (QED) is 0.172. The highest BCUT2D eigenvalue weighted by Gasteiger charge is 2.21. The average molecular weight is 529 g/mol. The molecule has 0 heteroatoms. The zero-order valence-corrected chi connectivity index (χ0v) is 22.9. The van der Waals surface area contributed by atoms with Gasteiger partial charge in [0.25, 0.3) is 0 Å². The van der Waals surface area contributed by atoms with Crippen molar-refractivity contribution in [3.63, 3.8) is 0 Å². The summed E-state index contributed by atoms with van der Waals surface area (Å²) in [5, 5.41) is 23.7. The Morgan fingerprint density at radius 2 is 0.405 bits per heavy atom. The molecule has 10 aromatic rings. The van der Waals surface area contributed by atoms with E-state index in [-0.39, 0.29) is 0 Å². The molecular weight excluding hydrogens is 504 g/mol. The average Bonchev–Trinajstić information content (AvgIpc) is 3.06. The van der Waals surface area contributed by atoms with Gasteiger partial charge in [-0.15, -0.1) is 0 Å². The molecule has 0 amide bonds. The fraction of sp³-hybridized carbons (Fsp3) is 0. The maximum Gasteiger partial charge on any atom is -0.0000944 e. The first-order valence-corrected chi connectivity index (χ1v) is 14.7. The molecule has 192 valence electrons. The van der Waals surface area contributed by atoms with Crippen molar-refractivity contribution in [1.29, 1.82) is 0 Å². The topological polar surface area (TPSA) is 0 Å². The van der Waals surface area contributed by atoms with E-state index < -0.39 is 0 Å². The van der Waals surface area contributed by atoms with Gasteiger partial charge in [-0.05, 0) is 97.0 Å². The summed E-state index contributed by atoms with van der Waals surface area (Å²) in [5.41, 5.74) is 0. The smallest absolute Gasteiger partial charge is 0.0000944 e. The van der Waals surface area contributed by atoms with Crippen LogP contribution in [0.15, 0.2) is 146 Å². The molecule has 0 N–H and O–H groups in total. The van der Waals surface area contributed by atoms with Crippen LogP contribution in [0.1, 0.15) is 0 Å². The summed E-state index contributed by atoms with van der Waals surface area (Å²) in [6.45, 7) is 0. The van der Waals surface area contributed by atoms with Gasteiger partial charge in [-0.1, -0.05) is 146 Å². The van der Waals surface area contributed by atoms with Crippen LogP contribution >= 0.6 is 0 Å². The fourth-order valence-corrected chi connectivity index (χ4v) is 7.81. The maximum atomic E-state index is 2.36. The van der Waals surface area contributed by atoms with Crippen molar-refractivity contribution < 1.29 is 0 Å². The third-order valence-electron chi connectivity index (χ3n) is 9.55. The highest BCUT2D eigenvalue weighted by atomic mass is 14.2. The van der Waals surface area contributed by atoms with Crippen LogP contribution in [-0.2, 0) is 0 Å². The minimum absolute atomic E-state index is 1.28. The minimum atomic E-state index is 1.28. The molecule has 0 unspecified atom stereocenters. The molecule has 42 heavy (non-hydrogen) atoms. The predicted molar refractivity (Wildman–Crippen MR) is 184 cm³/mol. The van der Waals surface area contributed by atoms with E-state index in [1.807, 2.05) is 0 Å². The van der Waals surface area contributed by atoms with Crippen LogP contribution in [0, 0.1) is 0 Å². The number of fused-ring (bicyclic) bond motifs is 19. The normalized spacial score (nSPS) is 12.3. The second-order valence-electron chi connectivity index (χ2n) is 11.6. The van der Waals surface area contributed by atoms with Gasteiger partial charge in [0.2, 0.25) is 0 Å². The van der Waals surface area contributed by atoms with E-state index in [0.717, 1.165) is 0 Å². The Morgan fingerprint density at radius 3 is 0.667 bits per heavy atom. The Hall–Kier alpha value is -5.46. The second kappa shape index (κ2) is 8.06. The monoisotopic (exact) mass is 528 g/mol. The summed E-state index contributed by atoms with van der Waals surface area (Å²) in [5.74, 6) is 0. The first-order valence-electron chi connectivity index (χ1n) is 14.7. The zero-order chi connectivity index (χ0) is 27.4. The molecule has 10 rings (SSSR count). The van der Waals surface area contributed by atoms with Gasteiger partial charge in [-0.25, -0.2) is 0 Å². The first kappa shape index (κ1) is 22.3. The number of rotatable bonds is 0. The molecule has 0 saturated heterocycles. The lowest BCUT2D eigenvalue weighted by atomic mass is 9.82. The van der Waals surface area contributed by atoms with Crippen LogP contribution in [0.5, 0.6) is 0 Å². The van der Waals surface area contributed by atoms with Crippen LogP contribution in [-0.4, -0.2) is 0 Å². The van der Waals surface area contributed by atoms with Crippen molar-refractivity contribution >= 4 is 97.0 Å². The summed E-state index contributed by atoms with van der Waals surface area (Å²) >= 11 is 0. The Kier molecular flexibility index (Phi) is 4.27. The fourth-order valence-electron chi connectivity index (χ4n) is 7.81. The van der Waals surface area contributed by atoms with Crippen molar-refractivity contribution in [3.05, 3.63) is 146 Å². The van der Waals surface area contributed by atoms with Crippen LogP contribution in [0.4, 0.5) is 0 Å². The van der Waals surface area contributed by atoms with Gasteiger partial charge >= 0.3 is 0 Å². The molecule has 0 fully saturated rings. The summed E-state index contributed by atoms with van der Waals surface area (Å²) in [6, 6.07) is 54.3. The van der Waals surface area contributed by atoms with Crippen molar-refractivity contribution in [2.24, 2.45) is 0 Å². The number of hydrogen-bond acceptors (Lipinski definition) is 0. The summed E-state index contributed by atoms with van der Waals surface area (Å²) in [6.07, 6.45) is 0. The lowest BCUT2D eigenvalue weighted by Gasteiger charge is -2.21. The van der Waals surface area contributed by atoms with E-state index in [1.54, 1.807) is 0 Å². The second-order valence-corrected chi connectivity index (χ2v) is 11.6. The molecule has 0 bridgehead atoms. The molecule has 10 aromatic carbocycles. The van der Waals surface area contributed by atoms with Crippen LogP contribution in [0.25, 0.3) is 97.0 Å². The lowest BCUT2D eigenvalue weighted by molar-refractivity contribution is 1.78. The number of hydrogen-bond donors (Lipinski definition) is 0. The third-order valence-corrected chi connectivity index (χ3v) is 9.55. The van der Waals surface area contributed by atoms with E-state index in [1.165, 1.54) is 97.0 Å². The van der Waals surface area contributed by atoms with Gasteiger partial charge in [0.05, 0.1) is 0 Å². The predicted octanol–water partition coefficient (Wildman–Crippen LogP) is 12.1. The molecule has 0 saturated carbocycles. The van der Waals surface area contributed by atoms with Crippen molar-refractivity contribution in [2.45, 2.75) is 0 Å². The summed E-state index contributed by atoms with van der Waals surface area (Å²) in [7, 11) is 0. The van der Waals surface area contributed by atoms with E-state index in [9.17, 15) is 0 Å². The Labute approximate surface area is 242 Å². The maximum absolute atomic E-state index is 2.36. The minimum Gasteiger partial charge on any atom is -0.0616 e. The van der Waals surface area contributed by atoms with Gasteiger partial charge < -0.3 is 0 Å². The van der Waals surface area contributed by atoms with Crippen molar-refractivity contribution in [2.75, 3.05) is 0 Å². The third kappa shape index (κ3) is 2.77. The van der Waals surface area contributed by atoms with Crippen molar-refractivity contribution in [1.82, 2.24) is 0 Å². The Bertz CT molecular complexity index is 2400. The van der Waals surface area contributed by atoms with E-state index >= 15 is 0 Å². The van der Waals surface area contributed by atoms with Gasteiger partial charge in [-0.3, -0.25) is 0 Å². The van der Waals surface area contributed by atoms with Gasteiger partial charge in [0.15, 0.2) is 0 Å². The Morgan fingerprint density at radius 1 is 0.167 bits per heavy atom. The molecule has 0 radical (unpaired) electrons. The lowest BCUT2D eigenvalue weighted by Crippen LogP contribution is -1.92. The standard InChI is InChI=1S/C42H24/c1-5-13-29-25(9-1)17-21-33-34-22-18-27-11-3-7-15-31(27)39(34)42-40-32-16-8-4-12-28(32)20-24-36(40)35-23-19-26-10-2-6-14-30(26)38(35)41(42)37(29)33/h1-24H. The summed E-state index contributed by atoms with van der Waals surface area (Å²) < 4.78 is 0. The largest absolute Gasteiger partial charge is 0.0616 e. The molecule has 0 heterocycles. The van der Waals surface area contributed by atoms with Gasteiger partial charge in [-0.2, -0.15) is 0 Å². The zero-order valence-electron chi connectivity index (χ0n) is 22.9. The van der Waals surface area contributed by atoms with Crippen LogP contribution in [0.2, 0.25) is 0 Å². The van der Waals surface area contributed by atoms with Crippen LogP contribution < -0.4 is 0 Å². The van der Waals surface area contributed by atoms with Gasteiger partial charge in [0.1, 0.15) is 0 Å². The van der Waals surface area contributed by atoms with Crippen molar-refractivity contribution in [3.8, 4) is 0 Å². The molecule has 0 atom stereocenters. The number of benzene rings is 10. The SMILES string of the molecule is c1ccc2c(c1)ccc1c3ccc4ccccc4c3c3c4c5ccccc5ccc4c4ccc5ccccc5c4c3c21. The molecule has 0 aliphatic heterocycles. The van der Waals surface area contributed by atoms with E-state index in [2.05, 4.69) is 146 Å². The molecule has 0 aliphatic rings. The summed E-state index contributed by atoms with van der Waals surface area (Å²) in [4.78, 5) is 0. The highest BCUT2D eigenvalue weighted by molar-refractivity contribution is 6.48. The first-order chi connectivity index (χ1) is 20.9. The molecule has 0 aliphatic carbocycles. The van der Waals surface area contributed by atoms with Gasteiger partial charge in [0, 0.05) is 0 Å². The van der Waals surface area contributed by atoms with E-state index in [0.29, 0.717) is 0 Å². The molecular formula is C42H24.